The van der Waals surface area contributed by atoms with Gasteiger partial charge in [0, 0.05) is 38.4 Å². The summed E-state index contributed by atoms with van der Waals surface area (Å²) in [5.74, 6) is 0. The Balaban J connectivity index is 0.000000226. The molecule has 2 aliphatic carbocycles. The highest BCUT2D eigenvalue weighted by atomic mass is 16.6. The van der Waals surface area contributed by atoms with Crippen molar-refractivity contribution in [2.24, 2.45) is 0 Å². The zero-order valence-electron chi connectivity index (χ0n) is 24.9. The van der Waals surface area contributed by atoms with E-state index < -0.39 is 0 Å². The first-order chi connectivity index (χ1) is 19.8. The smallest absolute Gasteiger partial charge is 0.407 e. The molecule has 2 amide bonds. The quantitative estimate of drug-likeness (QED) is 0.397. The van der Waals surface area contributed by atoms with Gasteiger partial charge in [0.25, 0.3) is 0 Å². The van der Waals surface area contributed by atoms with E-state index in [0.29, 0.717) is 19.3 Å². The number of nitrogens with zero attached hydrogens (tertiary/aromatic N) is 1. The van der Waals surface area contributed by atoms with Crippen LogP contribution in [0.3, 0.4) is 0 Å². The molecule has 0 spiro atoms. The molecular formula is C31H46N4O6. The van der Waals surface area contributed by atoms with Gasteiger partial charge >= 0.3 is 12.2 Å². The minimum atomic E-state index is -0.370. The molecule has 6 atom stereocenters. The Hall–Kier alpha value is -3.18. The molecule has 2 aromatic carbocycles. The zero-order valence-corrected chi connectivity index (χ0v) is 24.9. The molecule has 2 aromatic rings. The van der Waals surface area contributed by atoms with Crippen LogP contribution < -0.4 is 16.0 Å². The number of amides is 2. The van der Waals surface area contributed by atoms with Gasteiger partial charge in [-0.3, -0.25) is 0 Å². The number of methoxy groups -OCH3 is 2. The topological polar surface area (TPSA) is 110 Å². The fourth-order valence-electron chi connectivity index (χ4n) is 5.44. The number of likely N-dealkylation sites (N-methyl/N-ethyl adjacent to an activating group) is 2. The van der Waals surface area contributed by atoms with Gasteiger partial charge in [-0.2, -0.15) is 0 Å². The molecular weight excluding hydrogens is 524 g/mol. The summed E-state index contributed by atoms with van der Waals surface area (Å²) in [6, 6.07) is 20.1. The van der Waals surface area contributed by atoms with Gasteiger partial charge in [0.1, 0.15) is 13.2 Å². The molecule has 0 unspecified atom stereocenters. The molecule has 3 N–H and O–H groups in total. The van der Waals surface area contributed by atoms with Crippen LogP contribution in [0.2, 0.25) is 0 Å². The highest BCUT2D eigenvalue weighted by Gasteiger charge is 2.37. The predicted molar refractivity (Wildman–Crippen MR) is 157 cm³/mol. The third kappa shape index (κ3) is 10.6. The second-order valence-corrected chi connectivity index (χ2v) is 10.7. The Morgan fingerprint density at radius 2 is 1.20 bits per heavy atom. The van der Waals surface area contributed by atoms with Crippen LogP contribution in [0.25, 0.3) is 0 Å². The van der Waals surface area contributed by atoms with Gasteiger partial charge in [-0.25, -0.2) is 9.59 Å². The minimum absolute atomic E-state index is 0.0978. The van der Waals surface area contributed by atoms with Crippen LogP contribution in [0.5, 0.6) is 0 Å². The van der Waals surface area contributed by atoms with Crippen molar-refractivity contribution in [3.05, 3.63) is 71.8 Å². The molecule has 41 heavy (non-hydrogen) atoms. The lowest BCUT2D eigenvalue weighted by Crippen LogP contribution is -2.36. The molecule has 2 aliphatic rings. The monoisotopic (exact) mass is 570 g/mol. The van der Waals surface area contributed by atoms with Crippen molar-refractivity contribution in [1.82, 2.24) is 20.9 Å². The maximum atomic E-state index is 11.9. The molecule has 0 heterocycles. The summed E-state index contributed by atoms with van der Waals surface area (Å²) in [4.78, 5) is 25.8. The van der Waals surface area contributed by atoms with Gasteiger partial charge in [0.2, 0.25) is 0 Å². The average molecular weight is 571 g/mol. The number of carbonyl (C=O) groups excluding carboxylic acids is 2. The normalized spacial score (nSPS) is 25.2. The Bertz CT molecular complexity index is 1030. The molecule has 0 saturated heterocycles. The number of hydrogen-bond donors (Lipinski definition) is 3. The number of nitrogens with one attached hydrogen (secondary N) is 3. The Morgan fingerprint density at radius 1 is 0.732 bits per heavy atom. The lowest BCUT2D eigenvalue weighted by atomic mass is 10.2. The van der Waals surface area contributed by atoms with Gasteiger partial charge in [-0.15, -0.1) is 0 Å². The van der Waals surface area contributed by atoms with E-state index in [4.69, 9.17) is 18.9 Å². The van der Waals surface area contributed by atoms with E-state index in [1.165, 1.54) is 0 Å². The SMILES string of the molecule is CN[C@H]1C[C@@H](NC(=O)OCc2ccccc2)C[C@H]1OC.CO[C@@H]1C[C@H](NC(=O)OCc2ccccc2)C[C@@H]1N(C)C. The number of hydrogen-bond acceptors (Lipinski definition) is 8. The maximum absolute atomic E-state index is 11.9. The van der Waals surface area contributed by atoms with Crippen molar-refractivity contribution < 1.29 is 28.5 Å². The van der Waals surface area contributed by atoms with Crippen LogP contribution in [-0.4, -0.2) is 88.8 Å². The Kier molecular flexibility index (Phi) is 13.4. The zero-order chi connectivity index (χ0) is 29.6. The Labute approximate surface area is 244 Å². The van der Waals surface area contributed by atoms with E-state index in [2.05, 4.69) is 20.9 Å². The largest absolute Gasteiger partial charge is 0.445 e. The first kappa shape index (κ1) is 32.3. The van der Waals surface area contributed by atoms with Gasteiger partial charge in [-0.1, -0.05) is 60.7 Å². The second-order valence-electron chi connectivity index (χ2n) is 10.7. The number of carbonyl (C=O) groups is 2. The molecule has 10 heteroatoms. The number of rotatable bonds is 10. The molecule has 0 aliphatic heterocycles. The standard InChI is InChI=1S/C16H24N2O3.C15H22N2O3/c1-18(2)14-9-13(10-15(14)20-3)17-16(19)21-11-12-7-5-4-6-8-12;1-16-13-8-12(9-14(13)19-2)17-15(18)20-10-11-6-4-3-5-7-11/h4-8,13-15H,9-11H2,1-3H3,(H,17,19);3-7,12-14,16H,8-10H2,1-2H3,(H,17,18)/t13-,14+,15-;12-,13+,14-/m11/s1. The van der Waals surface area contributed by atoms with Crippen LogP contribution in [-0.2, 0) is 32.2 Å². The minimum Gasteiger partial charge on any atom is -0.445 e. The highest BCUT2D eigenvalue weighted by molar-refractivity contribution is 5.68. The van der Waals surface area contributed by atoms with E-state index in [-0.39, 0.29) is 42.5 Å². The molecule has 0 radical (unpaired) electrons. The van der Waals surface area contributed by atoms with E-state index in [0.717, 1.165) is 36.8 Å². The third-order valence-corrected chi connectivity index (χ3v) is 7.69. The van der Waals surface area contributed by atoms with Crippen LogP contribution in [0.4, 0.5) is 9.59 Å². The fourth-order valence-corrected chi connectivity index (χ4v) is 5.44. The summed E-state index contributed by atoms with van der Waals surface area (Å²) >= 11 is 0. The van der Waals surface area contributed by atoms with Crippen LogP contribution >= 0.6 is 0 Å². The van der Waals surface area contributed by atoms with E-state index in [1.54, 1.807) is 14.2 Å². The summed E-state index contributed by atoms with van der Waals surface area (Å²) in [6.07, 6.45) is 2.92. The van der Waals surface area contributed by atoms with Gasteiger partial charge in [0.05, 0.1) is 12.2 Å². The summed E-state index contributed by atoms with van der Waals surface area (Å²) in [7, 11) is 9.40. The van der Waals surface area contributed by atoms with Crippen molar-refractivity contribution in [3.8, 4) is 0 Å². The van der Waals surface area contributed by atoms with Crippen molar-refractivity contribution in [1.29, 1.82) is 0 Å². The van der Waals surface area contributed by atoms with Crippen molar-refractivity contribution in [2.45, 2.75) is 75.3 Å². The molecule has 4 rings (SSSR count). The van der Waals surface area contributed by atoms with Crippen LogP contribution in [0.1, 0.15) is 36.8 Å². The lowest BCUT2D eigenvalue weighted by Gasteiger charge is -2.24. The molecule has 10 nitrogen and oxygen atoms in total. The van der Waals surface area contributed by atoms with Crippen LogP contribution in [0, 0.1) is 0 Å². The summed E-state index contributed by atoms with van der Waals surface area (Å²) in [5, 5.41) is 9.04. The Morgan fingerprint density at radius 3 is 1.59 bits per heavy atom. The van der Waals surface area contributed by atoms with E-state index in [9.17, 15) is 9.59 Å². The molecule has 0 bridgehead atoms. The first-order valence-electron chi connectivity index (χ1n) is 14.2. The molecule has 226 valence electrons. The number of benzene rings is 2. The van der Waals surface area contributed by atoms with Crippen molar-refractivity contribution in [3.63, 3.8) is 0 Å². The van der Waals surface area contributed by atoms with Crippen molar-refractivity contribution >= 4 is 12.2 Å². The summed E-state index contributed by atoms with van der Waals surface area (Å²) in [5.41, 5.74) is 1.97. The second kappa shape index (κ2) is 16.9. The highest BCUT2D eigenvalue weighted by Crippen LogP contribution is 2.26. The number of alkyl carbamates (subject to hydrolysis) is 2. The van der Waals surface area contributed by atoms with Crippen molar-refractivity contribution in [2.75, 3.05) is 35.4 Å². The van der Waals surface area contributed by atoms with Crippen LogP contribution in [0.15, 0.2) is 60.7 Å². The van der Waals surface area contributed by atoms with E-state index >= 15 is 0 Å². The van der Waals surface area contributed by atoms with E-state index in [1.807, 2.05) is 81.8 Å². The number of ether oxygens (including phenoxy) is 4. The summed E-state index contributed by atoms with van der Waals surface area (Å²) < 4.78 is 21.4. The summed E-state index contributed by atoms with van der Waals surface area (Å²) in [6.45, 7) is 0.590. The van der Waals surface area contributed by atoms with Gasteiger partial charge in [-0.05, 0) is 58.0 Å². The first-order valence-corrected chi connectivity index (χ1v) is 14.2. The molecule has 0 aromatic heterocycles. The predicted octanol–water partition coefficient (Wildman–Crippen LogP) is 3.70. The average Bonchev–Trinajstić information content (AvgIpc) is 3.59. The lowest BCUT2D eigenvalue weighted by molar-refractivity contribution is 0.0516. The third-order valence-electron chi connectivity index (χ3n) is 7.69. The molecule has 2 saturated carbocycles. The maximum Gasteiger partial charge on any atom is 0.407 e. The van der Waals surface area contributed by atoms with Gasteiger partial charge < -0.3 is 39.8 Å². The molecule has 2 fully saturated rings. The van der Waals surface area contributed by atoms with Gasteiger partial charge in [0.15, 0.2) is 0 Å². The fraction of sp³-hybridized carbons (Fsp3) is 0.548.